The van der Waals surface area contributed by atoms with Gasteiger partial charge in [-0.2, -0.15) is 4.98 Å². The number of halogens is 3. The fourth-order valence-electron chi connectivity index (χ4n) is 4.34. The van der Waals surface area contributed by atoms with Gasteiger partial charge in [-0.05, 0) is 44.0 Å². The van der Waals surface area contributed by atoms with Crippen molar-refractivity contribution in [2.24, 2.45) is 0 Å². The van der Waals surface area contributed by atoms with Gasteiger partial charge in [0.1, 0.15) is 29.8 Å². The third-order valence-electron chi connectivity index (χ3n) is 6.52. The molecule has 1 aromatic heterocycles. The Morgan fingerprint density at radius 1 is 1.26 bits per heavy atom. The van der Waals surface area contributed by atoms with E-state index in [1.165, 1.54) is 6.92 Å². The normalized spacial score (nSPS) is 24.3. The molecule has 4 rings (SSSR count). The Labute approximate surface area is 254 Å². The van der Waals surface area contributed by atoms with E-state index >= 15 is 0 Å². The number of nitrogens with two attached hydrogens (primary N) is 1. The van der Waals surface area contributed by atoms with Gasteiger partial charge in [0.2, 0.25) is 0 Å². The number of alkyl halides is 2. The second kappa shape index (κ2) is 13.1. The first-order valence-corrected chi connectivity index (χ1v) is 16.0. The smallest absolute Gasteiger partial charge is 0.351 e. The Hall–Kier alpha value is -2.75. The number of hydrogen-bond acceptors (Lipinski definition) is 11. The maximum atomic E-state index is 14.7. The summed E-state index contributed by atoms with van der Waals surface area (Å²) in [5.74, 6) is -0.816. The molecule has 3 aromatic rings. The minimum atomic E-state index is -3.94. The van der Waals surface area contributed by atoms with Gasteiger partial charge in [-0.15, -0.1) is 0 Å². The Bertz CT molecular complexity index is 1590. The predicted molar refractivity (Wildman–Crippen MR) is 157 cm³/mol. The number of fused-ring (bicyclic) bond motifs is 1. The van der Waals surface area contributed by atoms with Crippen molar-refractivity contribution in [2.45, 2.75) is 63.4 Å². The zero-order valence-corrected chi connectivity index (χ0v) is 25.6. The van der Waals surface area contributed by atoms with E-state index in [-0.39, 0.29) is 16.6 Å². The summed E-state index contributed by atoms with van der Waals surface area (Å²) in [6.07, 6.45) is -9.19. The third-order valence-corrected chi connectivity index (χ3v) is 9.28. The van der Waals surface area contributed by atoms with E-state index in [2.05, 4.69) is 10.1 Å². The second-order valence-corrected chi connectivity index (χ2v) is 13.6. The number of rotatable bonds is 11. The van der Waals surface area contributed by atoms with Crippen molar-refractivity contribution in [3.63, 3.8) is 0 Å². The van der Waals surface area contributed by atoms with E-state index in [0.717, 1.165) is 11.6 Å². The van der Waals surface area contributed by atoms with Gasteiger partial charge in [-0.1, -0.05) is 48.0 Å². The molecule has 1 saturated heterocycles. The molecule has 5 N–H and O–H groups in total. The largest absolute Gasteiger partial charge is 0.462 e. The highest BCUT2D eigenvalue weighted by atomic mass is 35.5. The lowest BCUT2D eigenvalue weighted by Crippen LogP contribution is -2.53. The maximum absolute atomic E-state index is 14.7. The average molecular weight is 663 g/mol. The summed E-state index contributed by atoms with van der Waals surface area (Å²) in [5.41, 5.74) is 1.54. The highest BCUT2D eigenvalue weighted by molar-refractivity contribution is 8.09. The molecule has 1 aliphatic heterocycles. The summed E-state index contributed by atoms with van der Waals surface area (Å²) in [6, 6.07) is 11.1. The fourth-order valence-corrected chi connectivity index (χ4v) is 6.91. The zero-order chi connectivity index (χ0) is 31.7. The molecule has 234 valence electrons. The first kappa shape index (κ1) is 33.1. The van der Waals surface area contributed by atoms with Crippen LogP contribution in [0.3, 0.4) is 0 Å². The number of nitrogens with one attached hydrogen (secondary N) is 1. The summed E-state index contributed by atoms with van der Waals surface area (Å²) < 4.78 is 52.6. The van der Waals surface area contributed by atoms with Crippen molar-refractivity contribution < 1.29 is 42.3 Å². The Morgan fingerprint density at radius 3 is 2.60 bits per heavy atom. The Balaban J connectivity index is 1.69. The first-order chi connectivity index (χ1) is 20.2. The molecule has 6 atom stereocenters. The number of esters is 1. The van der Waals surface area contributed by atoms with Gasteiger partial charge >= 0.3 is 18.3 Å². The summed E-state index contributed by atoms with van der Waals surface area (Å²) >= 11 is 11.6. The first-order valence-electron chi connectivity index (χ1n) is 12.9. The molecule has 0 bridgehead atoms. The molecular formula is C26H30ClF2N4O8PS. The van der Waals surface area contributed by atoms with E-state index in [4.69, 9.17) is 47.7 Å². The minimum absolute atomic E-state index is 0.221. The average Bonchev–Trinajstić information content (AvgIpc) is 3.20. The molecule has 0 radical (unpaired) electrons. The van der Waals surface area contributed by atoms with Crippen molar-refractivity contribution in [1.29, 1.82) is 0 Å². The lowest BCUT2D eigenvalue weighted by Gasteiger charge is -2.34. The predicted octanol–water partition coefficient (Wildman–Crippen LogP) is 3.14. The van der Waals surface area contributed by atoms with Crippen LogP contribution in [-0.4, -0.2) is 68.7 Å². The molecule has 2 aromatic carbocycles. The highest BCUT2D eigenvalue weighted by Gasteiger charge is 2.61. The van der Waals surface area contributed by atoms with Gasteiger partial charge < -0.3 is 34.5 Å². The van der Waals surface area contributed by atoms with Crippen LogP contribution in [0.4, 0.5) is 14.6 Å². The Kier molecular flexibility index (Phi) is 10.1. The minimum Gasteiger partial charge on any atom is -0.462 e. The third kappa shape index (κ3) is 6.99. The van der Waals surface area contributed by atoms with Crippen LogP contribution in [0, 0.1) is 0 Å². The van der Waals surface area contributed by atoms with E-state index in [1.807, 2.05) is 18.2 Å². The number of carbonyl (C=O) groups is 1. The molecule has 12 nitrogen and oxygen atoms in total. The summed E-state index contributed by atoms with van der Waals surface area (Å²) in [4.78, 5) is 28.5. The molecule has 0 saturated carbocycles. The fraction of sp³-hybridized carbons (Fsp3) is 0.423. The van der Waals surface area contributed by atoms with Crippen LogP contribution in [-0.2, 0) is 30.6 Å². The van der Waals surface area contributed by atoms with Gasteiger partial charge in [0, 0.05) is 11.6 Å². The molecule has 17 heteroatoms. The SMILES string of the molecule is CC(C)OC(=O)[C@H](C)NP(=S)(OC[C@@]1(C(F)F)O[C@@H](n2cc(Cl)c(N)nc2=O)[C@H](O)[C@@H]1O)Oc1cccc2ccccc12. The molecule has 0 amide bonds. The van der Waals surface area contributed by atoms with Crippen LogP contribution < -0.4 is 21.0 Å². The number of aromatic nitrogens is 2. The number of nitrogen functional groups attached to an aromatic ring is 1. The summed E-state index contributed by atoms with van der Waals surface area (Å²) in [6.45, 7) is -0.356. The van der Waals surface area contributed by atoms with Gasteiger partial charge in [0.25, 0.3) is 6.43 Å². The quantitative estimate of drug-likeness (QED) is 0.175. The van der Waals surface area contributed by atoms with Crippen LogP contribution in [0.25, 0.3) is 10.8 Å². The van der Waals surface area contributed by atoms with Gasteiger partial charge in [-0.25, -0.2) is 18.7 Å². The van der Waals surface area contributed by atoms with Crippen LogP contribution >= 0.6 is 18.2 Å². The van der Waals surface area contributed by atoms with Gasteiger partial charge in [-0.3, -0.25) is 9.36 Å². The standard InChI is InChI=1S/C26H30ClF2N4O8PS/c1-13(2)39-23(36)14(3)32-42(43,41-18-10-6-8-15-7-4-5-9-16(15)18)38-12-26(24(28)29)20(35)19(34)22(40-26)33-11-17(27)21(30)31-25(33)37/h4-11,13-14,19-20,22,24,34-35H,12H2,1-3H3,(H,32,43)(H2,30,31,37)/t14-,19+,20-,22+,26+,42?/m0/s1. The highest BCUT2D eigenvalue weighted by Crippen LogP contribution is 2.50. The monoisotopic (exact) mass is 662 g/mol. The topological polar surface area (TPSA) is 167 Å². The van der Waals surface area contributed by atoms with Crippen molar-refractivity contribution in [1.82, 2.24) is 14.6 Å². The molecule has 1 fully saturated rings. The molecule has 2 heterocycles. The number of aliphatic hydroxyl groups is 2. The number of aliphatic hydroxyl groups excluding tert-OH is 2. The number of benzene rings is 2. The van der Waals surface area contributed by atoms with Gasteiger partial charge in [0.05, 0.1) is 17.7 Å². The van der Waals surface area contributed by atoms with Gasteiger partial charge in [0.15, 0.2) is 11.8 Å². The maximum Gasteiger partial charge on any atom is 0.351 e. The van der Waals surface area contributed by atoms with Crippen LogP contribution in [0.5, 0.6) is 5.75 Å². The van der Waals surface area contributed by atoms with E-state index < -0.39 is 67.5 Å². The number of hydrogen-bond donors (Lipinski definition) is 4. The van der Waals surface area contributed by atoms with Crippen LogP contribution in [0.15, 0.2) is 53.5 Å². The molecule has 1 unspecified atom stereocenters. The molecular weight excluding hydrogens is 633 g/mol. The van der Waals surface area contributed by atoms with E-state index in [9.17, 15) is 28.6 Å². The summed E-state index contributed by atoms with van der Waals surface area (Å²) in [5, 5.41) is 25.5. The second-order valence-electron chi connectivity index (χ2n) is 10.0. The molecule has 0 aliphatic carbocycles. The van der Waals surface area contributed by atoms with Crippen LogP contribution in [0.2, 0.25) is 5.02 Å². The number of carbonyl (C=O) groups excluding carboxylic acids is 1. The molecule has 0 spiro atoms. The molecule has 1 aliphatic rings. The van der Waals surface area contributed by atoms with Crippen molar-refractivity contribution in [3.05, 3.63) is 64.2 Å². The summed E-state index contributed by atoms with van der Waals surface area (Å²) in [7, 11) is 0. The van der Waals surface area contributed by atoms with Crippen molar-refractivity contribution in [3.8, 4) is 5.75 Å². The number of anilines is 1. The van der Waals surface area contributed by atoms with Crippen molar-refractivity contribution in [2.75, 3.05) is 12.3 Å². The zero-order valence-electron chi connectivity index (χ0n) is 23.1. The lowest BCUT2D eigenvalue weighted by atomic mass is 9.96. The lowest BCUT2D eigenvalue weighted by molar-refractivity contribution is -0.192. The number of nitrogens with zero attached hydrogens (tertiary/aromatic N) is 2. The Morgan fingerprint density at radius 2 is 1.93 bits per heavy atom. The van der Waals surface area contributed by atoms with Crippen LogP contribution in [0.1, 0.15) is 27.0 Å². The van der Waals surface area contributed by atoms with Crippen molar-refractivity contribution >= 4 is 52.6 Å². The van der Waals surface area contributed by atoms with E-state index in [1.54, 1.807) is 38.1 Å². The van der Waals surface area contributed by atoms with E-state index in [0.29, 0.717) is 9.95 Å². The number of ether oxygens (including phenoxy) is 2. The molecule has 43 heavy (non-hydrogen) atoms.